The van der Waals surface area contributed by atoms with Crippen LogP contribution in [0.1, 0.15) is 76.1 Å². The van der Waals surface area contributed by atoms with E-state index < -0.39 is 13.2 Å². The number of benzene rings is 2. The van der Waals surface area contributed by atoms with Gasteiger partial charge in [0, 0.05) is 17.0 Å². The highest BCUT2D eigenvalue weighted by atomic mass is 35.5. The number of nitrogens with one attached hydrogen (secondary N) is 1. The van der Waals surface area contributed by atoms with E-state index in [9.17, 15) is 9.59 Å². The molecule has 0 spiro atoms. The fraction of sp³-hybridized carbons (Fsp3) is 0.588. The third kappa shape index (κ3) is 6.50. The van der Waals surface area contributed by atoms with E-state index in [0.29, 0.717) is 36.9 Å². The number of para-hydroxylation sites is 1. The van der Waals surface area contributed by atoms with E-state index in [1.165, 1.54) is 6.42 Å². The Morgan fingerprint density at radius 3 is 2.71 bits per heavy atom. The average Bonchev–Trinajstić information content (AvgIpc) is 3.65. The first kappa shape index (κ1) is 34.1. The molecular weight excluding hydrogens is 609 g/mol. The molecule has 0 unspecified atom stereocenters. The van der Waals surface area contributed by atoms with Crippen molar-refractivity contribution in [3.8, 4) is 5.75 Å². The maximum Gasteiger partial charge on any atom is 0.481 e. The molecule has 8 nitrogen and oxygen atoms in total. The SMILES string of the molecule is COc1ccccc1Sc1cccc(C(=O)N2CCC[C@H]2C(=O)N[C@@H](CCCCN)B2O[C@@H]3C[C@@H]4C[C@@H](C4(C)C)[C@]3(C)O2)c1.Cl. The predicted molar refractivity (Wildman–Crippen MR) is 180 cm³/mol. The topological polar surface area (TPSA) is 103 Å². The molecule has 7 rings (SSSR count). The number of carbonyl (C=O) groups excluding carboxylic acids is 2. The zero-order valence-electron chi connectivity index (χ0n) is 26.8. The summed E-state index contributed by atoms with van der Waals surface area (Å²) in [4.78, 5) is 31.3. The Balaban J connectivity index is 0.00000400. The van der Waals surface area contributed by atoms with Gasteiger partial charge in [0.1, 0.15) is 11.8 Å². The second-order valence-corrected chi connectivity index (χ2v) is 14.8. The Morgan fingerprint density at radius 1 is 1.16 bits per heavy atom. The number of hydrogen-bond acceptors (Lipinski definition) is 7. The minimum absolute atomic E-state index is 0. The van der Waals surface area contributed by atoms with Gasteiger partial charge in [-0.05, 0) is 99.6 Å². The molecule has 5 fully saturated rings. The number of carbonyl (C=O) groups is 2. The molecule has 2 aromatic rings. The Morgan fingerprint density at radius 2 is 1.96 bits per heavy atom. The van der Waals surface area contributed by atoms with E-state index in [4.69, 9.17) is 19.8 Å². The fourth-order valence-corrected chi connectivity index (χ4v) is 9.09. The van der Waals surface area contributed by atoms with Gasteiger partial charge in [-0.3, -0.25) is 9.59 Å². The van der Waals surface area contributed by atoms with Crippen LogP contribution in [0, 0.1) is 17.3 Å². The summed E-state index contributed by atoms with van der Waals surface area (Å²) in [5.74, 6) is 1.33. The number of likely N-dealkylation sites (tertiary alicyclic amines) is 1. The van der Waals surface area contributed by atoms with E-state index >= 15 is 0 Å². The number of rotatable bonds is 11. The molecule has 5 aliphatic rings. The van der Waals surface area contributed by atoms with Crippen molar-refractivity contribution < 1.29 is 23.6 Å². The maximum atomic E-state index is 13.9. The van der Waals surface area contributed by atoms with Gasteiger partial charge in [-0.25, -0.2) is 0 Å². The summed E-state index contributed by atoms with van der Waals surface area (Å²) in [6.07, 6.45) is 6.10. The van der Waals surface area contributed by atoms with E-state index in [0.717, 1.165) is 47.6 Å². The van der Waals surface area contributed by atoms with Gasteiger partial charge in [-0.15, -0.1) is 12.4 Å². The van der Waals surface area contributed by atoms with Crippen molar-refractivity contribution in [2.45, 2.75) is 99.2 Å². The lowest BCUT2D eigenvalue weighted by Gasteiger charge is -2.64. The second kappa shape index (κ2) is 13.9. The van der Waals surface area contributed by atoms with Crippen molar-refractivity contribution >= 4 is 43.1 Å². The van der Waals surface area contributed by atoms with Crippen LogP contribution < -0.4 is 15.8 Å². The molecule has 2 aliphatic heterocycles. The van der Waals surface area contributed by atoms with Gasteiger partial charge in [0.25, 0.3) is 5.91 Å². The lowest BCUT2D eigenvalue weighted by Crippen LogP contribution is -2.65. The molecule has 244 valence electrons. The van der Waals surface area contributed by atoms with Crippen LogP contribution >= 0.6 is 24.2 Å². The molecule has 45 heavy (non-hydrogen) atoms. The summed E-state index contributed by atoms with van der Waals surface area (Å²) in [6.45, 7) is 8.06. The van der Waals surface area contributed by atoms with Crippen LogP contribution in [0.25, 0.3) is 0 Å². The second-order valence-electron chi connectivity index (χ2n) is 13.7. The molecule has 2 aromatic carbocycles. The summed E-state index contributed by atoms with van der Waals surface area (Å²) in [5.41, 5.74) is 6.29. The molecule has 3 aliphatic carbocycles. The average molecular weight is 656 g/mol. The molecule has 0 aromatic heterocycles. The summed E-state index contributed by atoms with van der Waals surface area (Å²) in [6, 6.07) is 14.9. The van der Waals surface area contributed by atoms with Crippen LogP contribution in [-0.4, -0.2) is 67.7 Å². The number of methoxy groups -OCH3 is 1. The number of nitrogens with two attached hydrogens (primary N) is 1. The van der Waals surface area contributed by atoms with Crippen LogP contribution in [0.4, 0.5) is 0 Å². The zero-order valence-corrected chi connectivity index (χ0v) is 28.5. The van der Waals surface area contributed by atoms with Gasteiger partial charge >= 0.3 is 7.12 Å². The van der Waals surface area contributed by atoms with Crippen molar-refractivity contribution in [3.05, 3.63) is 54.1 Å². The fourth-order valence-electron chi connectivity index (χ4n) is 8.11. The Kier molecular flexibility index (Phi) is 10.5. The Bertz CT molecular complexity index is 1380. The number of hydrogen-bond donors (Lipinski definition) is 2. The number of halogens is 1. The van der Waals surface area contributed by atoms with Gasteiger partial charge in [0.15, 0.2) is 0 Å². The highest BCUT2D eigenvalue weighted by Crippen LogP contribution is 2.65. The highest BCUT2D eigenvalue weighted by molar-refractivity contribution is 7.99. The summed E-state index contributed by atoms with van der Waals surface area (Å²) >= 11 is 1.55. The maximum absolute atomic E-state index is 13.9. The molecule has 2 heterocycles. The van der Waals surface area contributed by atoms with Crippen LogP contribution in [0.15, 0.2) is 58.3 Å². The van der Waals surface area contributed by atoms with Gasteiger partial charge in [-0.2, -0.15) is 0 Å². The van der Waals surface area contributed by atoms with Crippen molar-refractivity contribution in [3.63, 3.8) is 0 Å². The normalized spacial score (nSPS) is 28.5. The van der Waals surface area contributed by atoms with Crippen molar-refractivity contribution in [2.75, 3.05) is 20.2 Å². The van der Waals surface area contributed by atoms with Gasteiger partial charge < -0.3 is 30.0 Å². The molecule has 11 heteroatoms. The molecular formula is C34H47BClN3O5S. The third-order valence-corrected chi connectivity index (χ3v) is 11.8. The van der Waals surface area contributed by atoms with Crippen LogP contribution in [-0.2, 0) is 14.1 Å². The van der Waals surface area contributed by atoms with E-state index in [1.807, 2.05) is 48.5 Å². The monoisotopic (exact) mass is 655 g/mol. The number of unbranched alkanes of at least 4 members (excludes halogenated alkanes) is 1. The van der Waals surface area contributed by atoms with E-state index in [-0.39, 0.29) is 47.3 Å². The summed E-state index contributed by atoms with van der Waals surface area (Å²) in [7, 11) is 1.15. The summed E-state index contributed by atoms with van der Waals surface area (Å²) < 4.78 is 18.8. The lowest BCUT2D eigenvalue weighted by atomic mass is 9.43. The van der Waals surface area contributed by atoms with Crippen LogP contribution in [0.2, 0.25) is 0 Å². The Hall–Kier alpha value is -2.24. The molecule has 2 saturated heterocycles. The first-order chi connectivity index (χ1) is 21.2. The van der Waals surface area contributed by atoms with Crippen LogP contribution in [0.5, 0.6) is 5.75 Å². The van der Waals surface area contributed by atoms with Gasteiger partial charge in [0.05, 0.1) is 29.7 Å². The minimum atomic E-state index is -0.531. The van der Waals surface area contributed by atoms with Gasteiger partial charge in [0.2, 0.25) is 5.91 Å². The van der Waals surface area contributed by atoms with Crippen molar-refractivity contribution in [1.82, 2.24) is 10.2 Å². The first-order valence-electron chi connectivity index (χ1n) is 16.2. The first-order valence-corrected chi connectivity index (χ1v) is 17.0. The molecule has 0 radical (unpaired) electrons. The standard InChI is InChI=1S/C34H46BN3O5S.ClH/c1-33(2)23-20-28(33)34(3)29(21-23)42-35(43-34)30(16-7-8-17-36)37-31(39)25-13-10-18-38(25)32(40)22-11-9-12-24(19-22)44-27-15-6-5-14-26(27)41-4;/h5-6,9,11-12,14-15,19,23,25,28-30H,7-8,10,13,16-18,20-21,36H2,1-4H3,(H,37,39);1H/t23-,25-,28-,29+,30-,34-;/m0./s1. The Labute approximate surface area is 278 Å². The van der Waals surface area contributed by atoms with E-state index in [2.05, 4.69) is 26.1 Å². The molecule has 3 N–H and O–H groups in total. The molecule has 3 saturated carbocycles. The number of nitrogens with zero attached hydrogens (tertiary/aromatic N) is 1. The highest BCUT2D eigenvalue weighted by Gasteiger charge is 2.68. The lowest BCUT2D eigenvalue weighted by molar-refractivity contribution is -0.199. The van der Waals surface area contributed by atoms with Crippen LogP contribution in [0.3, 0.4) is 0 Å². The summed E-state index contributed by atoms with van der Waals surface area (Å²) in [5, 5.41) is 3.29. The smallest absolute Gasteiger partial charge is 0.481 e. The minimum Gasteiger partial charge on any atom is -0.496 e. The largest absolute Gasteiger partial charge is 0.496 e. The van der Waals surface area contributed by atoms with E-state index in [1.54, 1.807) is 23.8 Å². The predicted octanol–water partition coefficient (Wildman–Crippen LogP) is 5.75. The van der Waals surface area contributed by atoms with Gasteiger partial charge in [-0.1, -0.05) is 50.2 Å². The third-order valence-electron chi connectivity index (χ3n) is 10.8. The molecule has 2 bridgehead atoms. The van der Waals surface area contributed by atoms with Crippen molar-refractivity contribution in [1.29, 1.82) is 0 Å². The molecule has 2 amide bonds. The molecule has 6 atom stereocenters. The van der Waals surface area contributed by atoms with Crippen molar-refractivity contribution in [2.24, 2.45) is 23.0 Å². The zero-order chi connectivity index (χ0) is 31.1. The number of ether oxygens (including phenoxy) is 1. The quantitative estimate of drug-likeness (QED) is 0.235. The number of amides is 2.